The fraction of sp³-hybridized carbons (Fsp3) is 0.333. The van der Waals surface area contributed by atoms with Crippen molar-refractivity contribution in [3.05, 3.63) is 43.5 Å². The molecule has 0 saturated heterocycles. The van der Waals surface area contributed by atoms with Crippen LogP contribution in [0.5, 0.6) is 0 Å². The minimum atomic E-state index is -0.306. The first-order chi connectivity index (χ1) is 8.57. The molecule has 0 unspecified atom stereocenters. The van der Waals surface area contributed by atoms with Gasteiger partial charge < -0.3 is 5.73 Å². The van der Waals surface area contributed by atoms with Crippen molar-refractivity contribution >= 4 is 26.8 Å². The number of aromatic nitrogens is 2. The smallest absolute Gasteiger partial charge is 0.330 e. The van der Waals surface area contributed by atoms with E-state index < -0.39 is 0 Å². The summed E-state index contributed by atoms with van der Waals surface area (Å²) in [5.41, 5.74) is 5.48. The van der Waals surface area contributed by atoms with Gasteiger partial charge in [0.05, 0.1) is 10.9 Å². The standard InChI is InChI=1S/C12H14BrN3O2/c1-15-9-5-2-4-8(13)10(9)11(17)16(12(15)18)7-3-6-14/h2,4-5H,3,6-7,14H2,1H3. The molecule has 0 aliphatic rings. The van der Waals surface area contributed by atoms with Crippen molar-refractivity contribution in [2.75, 3.05) is 6.54 Å². The Hall–Kier alpha value is -1.40. The molecule has 0 aliphatic carbocycles. The molecule has 2 N–H and O–H groups in total. The molecule has 0 aliphatic heterocycles. The van der Waals surface area contributed by atoms with Crippen molar-refractivity contribution in [1.82, 2.24) is 9.13 Å². The van der Waals surface area contributed by atoms with Crippen molar-refractivity contribution in [2.45, 2.75) is 13.0 Å². The summed E-state index contributed by atoms with van der Waals surface area (Å²) < 4.78 is 3.42. The summed E-state index contributed by atoms with van der Waals surface area (Å²) in [4.78, 5) is 24.4. The lowest BCUT2D eigenvalue weighted by molar-refractivity contribution is 0.579. The van der Waals surface area contributed by atoms with Crippen LogP contribution in [0.1, 0.15) is 6.42 Å². The Bertz CT molecular complexity index is 703. The van der Waals surface area contributed by atoms with E-state index in [1.54, 1.807) is 25.2 Å². The van der Waals surface area contributed by atoms with Crippen LogP contribution in [0.15, 0.2) is 32.3 Å². The van der Waals surface area contributed by atoms with E-state index in [1.165, 1.54) is 9.13 Å². The Morgan fingerprint density at radius 2 is 2.06 bits per heavy atom. The third kappa shape index (κ3) is 2.02. The van der Waals surface area contributed by atoms with E-state index in [1.807, 2.05) is 0 Å². The number of hydrogen-bond acceptors (Lipinski definition) is 3. The number of rotatable bonds is 3. The highest BCUT2D eigenvalue weighted by Gasteiger charge is 2.12. The first-order valence-corrected chi connectivity index (χ1v) is 6.45. The predicted octanol–water partition coefficient (Wildman–Crippen LogP) is 0.811. The highest BCUT2D eigenvalue weighted by Crippen LogP contribution is 2.18. The molecule has 2 rings (SSSR count). The number of nitrogens with zero attached hydrogens (tertiary/aromatic N) is 2. The summed E-state index contributed by atoms with van der Waals surface area (Å²) in [6.07, 6.45) is 0.602. The number of aryl methyl sites for hydroxylation is 1. The van der Waals surface area contributed by atoms with Crippen LogP contribution < -0.4 is 17.0 Å². The molecule has 0 spiro atoms. The molecule has 6 heteroatoms. The van der Waals surface area contributed by atoms with Crippen molar-refractivity contribution < 1.29 is 0 Å². The summed E-state index contributed by atoms with van der Waals surface area (Å²) in [7, 11) is 1.66. The molecule has 0 bridgehead atoms. The first-order valence-electron chi connectivity index (χ1n) is 5.66. The zero-order valence-electron chi connectivity index (χ0n) is 10.0. The van der Waals surface area contributed by atoms with E-state index in [9.17, 15) is 9.59 Å². The highest BCUT2D eigenvalue weighted by atomic mass is 79.9. The number of benzene rings is 1. The van der Waals surface area contributed by atoms with Crippen molar-refractivity contribution in [3.63, 3.8) is 0 Å². The number of nitrogens with two attached hydrogens (primary N) is 1. The lowest BCUT2D eigenvalue weighted by Gasteiger charge is -2.11. The summed E-state index contributed by atoms with van der Waals surface area (Å²) in [6.45, 7) is 0.795. The van der Waals surface area contributed by atoms with Gasteiger partial charge in [-0.3, -0.25) is 13.9 Å². The molecule has 5 nitrogen and oxygen atoms in total. The van der Waals surface area contributed by atoms with E-state index in [0.29, 0.717) is 34.9 Å². The maximum absolute atomic E-state index is 12.3. The lowest BCUT2D eigenvalue weighted by atomic mass is 10.2. The fourth-order valence-corrected chi connectivity index (χ4v) is 2.48. The summed E-state index contributed by atoms with van der Waals surface area (Å²) >= 11 is 3.36. The van der Waals surface area contributed by atoms with Crippen LogP contribution in [0.3, 0.4) is 0 Å². The summed E-state index contributed by atoms with van der Waals surface area (Å²) in [5.74, 6) is 0. The molecular formula is C12H14BrN3O2. The molecule has 0 saturated carbocycles. The molecule has 1 aromatic carbocycles. The zero-order chi connectivity index (χ0) is 13.3. The van der Waals surface area contributed by atoms with E-state index >= 15 is 0 Å². The Morgan fingerprint density at radius 3 is 2.72 bits per heavy atom. The maximum Gasteiger partial charge on any atom is 0.331 e. The third-order valence-corrected chi connectivity index (χ3v) is 3.58. The van der Waals surface area contributed by atoms with Gasteiger partial charge in [-0.1, -0.05) is 6.07 Å². The molecule has 2 aromatic rings. The van der Waals surface area contributed by atoms with Gasteiger partial charge in [-0.05, 0) is 41.0 Å². The van der Waals surface area contributed by atoms with Crippen LogP contribution in [0, 0.1) is 0 Å². The minimum absolute atomic E-state index is 0.269. The van der Waals surface area contributed by atoms with Gasteiger partial charge in [0.25, 0.3) is 5.56 Å². The second kappa shape index (κ2) is 5.07. The van der Waals surface area contributed by atoms with Crippen LogP contribution in [0.4, 0.5) is 0 Å². The first kappa shape index (κ1) is 13.0. The Labute approximate surface area is 112 Å². The molecular weight excluding hydrogens is 298 g/mol. The van der Waals surface area contributed by atoms with E-state index in [2.05, 4.69) is 15.9 Å². The van der Waals surface area contributed by atoms with E-state index in [4.69, 9.17) is 5.73 Å². The van der Waals surface area contributed by atoms with Gasteiger partial charge in [0.1, 0.15) is 0 Å². The van der Waals surface area contributed by atoms with Crippen LogP contribution >= 0.6 is 15.9 Å². The number of halogens is 1. The highest BCUT2D eigenvalue weighted by molar-refractivity contribution is 9.10. The summed E-state index contributed by atoms with van der Waals surface area (Å²) in [5, 5.41) is 0.525. The average Bonchev–Trinajstić information content (AvgIpc) is 2.36. The molecule has 1 aromatic heterocycles. The second-order valence-corrected chi connectivity index (χ2v) is 4.93. The molecule has 0 radical (unpaired) electrons. The van der Waals surface area contributed by atoms with Gasteiger partial charge in [0, 0.05) is 18.1 Å². The van der Waals surface area contributed by atoms with E-state index in [-0.39, 0.29) is 11.2 Å². The Kier molecular flexibility index (Phi) is 3.68. The number of hydrogen-bond donors (Lipinski definition) is 1. The maximum atomic E-state index is 12.3. The van der Waals surface area contributed by atoms with E-state index in [0.717, 1.165) is 0 Å². The Morgan fingerprint density at radius 1 is 1.33 bits per heavy atom. The van der Waals surface area contributed by atoms with Crippen LogP contribution in [-0.4, -0.2) is 15.7 Å². The normalized spacial score (nSPS) is 11.1. The minimum Gasteiger partial charge on any atom is -0.330 e. The second-order valence-electron chi connectivity index (χ2n) is 4.07. The SMILES string of the molecule is Cn1c(=O)n(CCCN)c(=O)c2c(Br)cccc21. The van der Waals surface area contributed by atoms with Crippen molar-refractivity contribution in [2.24, 2.45) is 12.8 Å². The molecule has 0 fully saturated rings. The largest absolute Gasteiger partial charge is 0.331 e. The van der Waals surface area contributed by atoms with Crippen molar-refractivity contribution in [1.29, 1.82) is 0 Å². The molecule has 1 heterocycles. The van der Waals surface area contributed by atoms with Gasteiger partial charge in [-0.25, -0.2) is 4.79 Å². The van der Waals surface area contributed by atoms with Crippen LogP contribution in [0.25, 0.3) is 10.9 Å². The van der Waals surface area contributed by atoms with Crippen molar-refractivity contribution in [3.8, 4) is 0 Å². The van der Waals surface area contributed by atoms with Gasteiger partial charge in [-0.15, -0.1) is 0 Å². The summed E-state index contributed by atoms with van der Waals surface area (Å²) in [6, 6.07) is 5.35. The topological polar surface area (TPSA) is 70.0 Å². The Balaban J connectivity index is 2.86. The fourth-order valence-electron chi connectivity index (χ4n) is 1.96. The quantitative estimate of drug-likeness (QED) is 0.912. The van der Waals surface area contributed by atoms with Gasteiger partial charge >= 0.3 is 5.69 Å². The van der Waals surface area contributed by atoms with Gasteiger partial charge in [0.2, 0.25) is 0 Å². The zero-order valence-corrected chi connectivity index (χ0v) is 11.6. The van der Waals surface area contributed by atoms with Gasteiger partial charge in [0.15, 0.2) is 0 Å². The molecule has 0 amide bonds. The average molecular weight is 312 g/mol. The monoisotopic (exact) mass is 311 g/mol. The number of fused-ring (bicyclic) bond motifs is 1. The predicted molar refractivity (Wildman–Crippen MR) is 74.8 cm³/mol. The van der Waals surface area contributed by atoms with Crippen LogP contribution in [0.2, 0.25) is 0 Å². The third-order valence-electron chi connectivity index (χ3n) is 2.92. The lowest BCUT2D eigenvalue weighted by Crippen LogP contribution is -2.39. The molecule has 18 heavy (non-hydrogen) atoms. The molecule has 96 valence electrons. The molecule has 0 atom stereocenters. The van der Waals surface area contributed by atoms with Gasteiger partial charge in [-0.2, -0.15) is 0 Å². The van der Waals surface area contributed by atoms with Crippen LogP contribution in [-0.2, 0) is 13.6 Å².